The topological polar surface area (TPSA) is 35.6 Å². The van der Waals surface area contributed by atoms with Crippen molar-refractivity contribution >= 4 is 17.7 Å². The Balaban J connectivity index is 1.61. The number of amides is 1. The van der Waals surface area contributed by atoms with Crippen LogP contribution in [0.2, 0.25) is 0 Å². The number of nitrogens with one attached hydrogen (secondary N) is 1. The van der Waals surface area contributed by atoms with E-state index in [2.05, 4.69) is 10.2 Å². The zero-order valence-electron chi connectivity index (χ0n) is 11.4. The molecule has 0 saturated carbocycles. The first kappa shape index (κ1) is 14.2. The summed E-state index contributed by atoms with van der Waals surface area (Å²) in [6, 6.07) is -0.0257. The van der Waals surface area contributed by atoms with Crippen LogP contribution in [0.15, 0.2) is 0 Å². The van der Waals surface area contributed by atoms with Gasteiger partial charge < -0.3 is 15.1 Å². The van der Waals surface area contributed by atoms with Crippen molar-refractivity contribution < 1.29 is 4.79 Å². The Bertz CT molecular complexity index is 263. The third kappa shape index (κ3) is 4.14. The normalized spacial score (nSPS) is 23.3. The lowest BCUT2D eigenvalue weighted by molar-refractivity contribution is -0.131. The summed E-state index contributed by atoms with van der Waals surface area (Å²) in [5.74, 6) is 2.78. The fourth-order valence-corrected chi connectivity index (χ4v) is 3.54. The molecule has 0 aromatic carbocycles. The molecular weight excluding hydrogens is 246 g/mol. The maximum absolute atomic E-state index is 12.1. The van der Waals surface area contributed by atoms with Crippen molar-refractivity contribution in [2.24, 2.45) is 0 Å². The van der Waals surface area contributed by atoms with Crippen LogP contribution in [0, 0.1) is 0 Å². The Labute approximate surface area is 114 Å². The minimum Gasteiger partial charge on any atom is -0.341 e. The average Bonchev–Trinajstić information content (AvgIpc) is 2.93. The molecule has 104 valence electrons. The van der Waals surface area contributed by atoms with E-state index >= 15 is 0 Å². The summed E-state index contributed by atoms with van der Waals surface area (Å²) in [6.07, 6.45) is 2.34. The summed E-state index contributed by atoms with van der Waals surface area (Å²) >= 11 is 2.04. The molecular formula is C13H25N3OS. The van der Waals surface area contributed by atoms with Crippen molar-refractivity contribution in [2.45, 2.75) is 25.8 Å². The number of carbonyl (C=O) groups is 1. The van der Waals surface area contributed by atoms with Gasteiger partial charge in [-0.15, -0.1) is 0 Å². The van der Waals surface area contributed by atoms with E-state index in [-0.39, 0.29) is 11.9 Å². The molecule has 2 aliphatic rings. The van der Waals surface area contributed by atoms with Gasteiger partial charge in [0.25, 0.3) is 0 Å². The van der Waals surface area contributed by atoms with E-state index in [4.69, 9.17) is 0 Å². The van der Waals surface area contributed by atoms with E-state index in [1.165, 1.54) is 37.4 Å². The average molecular weight is 271 g/mol. The number of hydrogen-bond donors (Lipinski definition) is 1. The largest absolute Gasteiger partial charge is 0.341 e. The minimum absolute atomic E-state index is 0.0257. The molecule has 0 aromatic rings. The maximum Gasteiger partial charge on any atom is 0.239 e. The number of rotatable bonds is 5. The molecule has 2 rings (SSSR count). The predicted octanol–water partition coefficient (Wildman–Crippen LogP) is 0.636. The van der Waals surface area contributed by atoms with Crippen LogP contribution in [0.25, 0.3) is 0 Å². The molecule has 2 aliphatic heterocycles. The minimum atomic E-state index is -0.0257. The number of hydrogen-bond acceptors (Lipinski definition) is 4. The van der Waals surface area contributed by atoms with Gasteiger partial charge in [-0.2, -0.15) is 11.8 Å². The summed E-state index contributed by atoms with van der Waals surface area (Å²) in [4.78, 5) is 16.6. The highest BCUT2D eigenvalue weighted by molar-refractivity contribution is 7.99. The molecule has 1 atom stereocenters. The van der Waals surface area contributed by atoms with E-state index in [0.29, 0.717) is 0 Å². The smallest absolute Gasteiger partial charge is 0.239 e. The quantitative estimate of drug-likeness (QED) is 0.796. The Kier molecular flexibility index (Phi) is 5.79. The van der Waals surface area contributed by atoms with Crippen molar-refractivity contribution in [1.82, 2.24) is 15.1 Å². The molecule has 0 radical (unpaired) electrons. The van der Waals surface area contributed by atoms with Gasteiger partial charge in [0.2, 0.25) is 5.91 Å². The van der Waals surface area contributed by atoms with Gasteiger partial charge in [0, 0.05) is 50.8 Å². The van der Waals surface area contributed by atoms with Gasteiger partial charge in [0.15, 0.2) is 0 Å². The van der Waals surface area contributed by atoms with E-state index in [1.807, 2.05) is 23.6 Å². The second-order valence-electron chi connectivity index (χ2n) is 5.16. The monoisotopic (exact) mass is 271 g/mol. The van der Waals surface area contributed by atoms with E-state index in [1.54, 1.807) is 0 Å². The van der Waals surface area contributed by atoms with Crippen molar-refractivity contribution in [3.63, 3.8) is 0 Å². The molecule has 1 amide bonds. The van der Waals surface area contributed by atoms with Crippen LogP contribution in [0.1, 0.15) is 19.8 Å². The number of carbonyl (C=O) groups excluding carboxylic acids is 1. The van der Waals surface area contributed by atoms with Crippen LogP contribution in [0.3, 0.4) is 0 Å². The van der Waals surface area contributed by atoms with Gasteiger partial charge in [-0.25, -0.2) is 0 Å². The Morgan fingerprint density at radius 3 is 2.56 bits per heavy atom. The van der Waals surface area contributed by atoms with Crippen LogP contribution in [0.5, 0.6) is 0 Å². The number of thioether (sulfide) groups is 1. The first-order chi connectivity index (χ1) is 8.77. The van der Waals surface area contributed by atoms with Crippen molar-refractivity contribution in [2.75, 3.05) is 50.8 Å². The van der Waals surface area contributed by atoms with E-state index in [9.17, 15) is 4.79 Å². The first-order valence-electron chi connectivity index (χ1n) is 7.09. The Morgan fingerprint density at radius 1 is 1.22 bits per heavy atom. The van der Waals surface area contributed by atoms with Gasteiger partial charge >= 0.3 is 0 Å². The van der Waals surface area contributed by atoms with Gasteiger partial charge in [-0.05, 0) is 19.8 Å². The van der Waals surface area contributed by atoms with Crippen molar-refractivity contribution in [3.05, 3.63) is 0 Å². The lowest BCUT2D eigenvalue weighted by Crippen LogP contribution is -2.46. The number of nitrogens with zero attached hydrogens (tertiary/aromatic N) is 2. The molecule has 5 heteroatoms. The third-order valence-corrected chi connectivity index (χ3v) is 4.71. The third-order valence-electron chi connectivity index (χ3n) is 3.77. The van der Waals surface area contributed by atoms with Crippen LogP contribution < -0.4 is 5.32 Å². The van der Waals surface area contributed by atoms with Crippen molar-refractivity contribution in [3.8, 4) is 0 Å². The molecule has 2 heterocycles. The highest BCUT2D eigenvalue weighted by Gasteiger charge is 2.22. The molecule has 0 aliphatic carbocycles. The van der Waals surface area contributed by atoms with Crippen LogP contribution in [-0.2, 0) is 4.79 Å². The second kappa shape index (κ2) is 7.36. The van der Waals surface area contributed by atoms with Crippen LogP contribution >= 0.6 is 11.8 Å². The van der Waals surface area contributed by atoms with Gasteiger partial charge in [0.05, 0.1) is 6.04 Å². The summed E-state index contributed by atoms with van der Waals surface area (Å²) in [5, 5.41) is 3.37. The highest BCUT2D eigenvalue weighted by atomic mass is 32.2. The summed E-state index contributed by atoms with van der Waals surface area (Å²) in [5.41, 5.74) is 0. The summed E-state index contributed by atoms with van der Waals surface area (Å²) in [6.45, 7) is 8.28. The zero-order chi connectivity index (χ0) is 12.8. The molecule has 2 fully saturated rings. The molecule has 2 saturated heterocycles. The van der Waals surface area contributed by atoms with Gasteiger partial charge in [-0.3, -0.25) is 4.79 Å². The first-order valence-corrected chi connectivity index (χ1v) is 8.25. The zero-order valence-corrected chi connectivity index (χ0v) is 12.2. The van der Waals surface area contributed by atoms with E-state index in [0.717, 1.165) is 26.2 Å². The summed E-state index contributed by atoms with van der Waals surface area (Å²) < 4.78 is 0. The molecule has 18 heavy (non-hydrogen) atoms. The molecule has 0 spiro atoms. The predicted molar refractivity (Wildman–Crippen MR) is 77.0 cm³/mol. The lowest BCUT2D eigenvalue weighted by Gasteiger charge is -2.27. The van der Waals surface area contributed by atoms with Crippen LogP contribution in [0.4, 0.5) is 0 Å². The fourth-order valence-electron chi connectivity index (χ4n) is 2.56. The SMILES string of the molecule is CC(NCCN1CCSCC1)C(=O)N1CCCC1. The summed E-state index contributed by atoms with van der Waals surface area (Å²) in [7, 11) is 0. The second-order valence-corrected chi connectivity index (χ2v) is 6.39. The number of likely N-dealkylation sites (tertiary alicyclic amines) is 1. The van der Waals surface area contributed by atoms with Gasteiger partial charge in [-0.1, -0.05) is 0 Å². The Hall–Kier alpha value is -0.260. The highest BCUT2D eigenvalue weighted by Crippen LogP contribution is 2.09. The fraction of sp³-hybridized carbons (Fsp3) is 0.923. The Morgan fingerprint density at radius 2 is 1.89 bits per heavy atom. The standard InChI is InChI=1S/C13H25N3OS/c1-12(13(17)16-5-2-3-6-16)14-4-7-15-8-10-18-11-9-15/h12,14H,2-11H2,1H3. The molecule has 1 unspecified atom stereocenters. The molecule has 1 N–H and O–H groups in total. The molecule has 0 bridgehead atoms. The van der Waals surface area contributed by atoms with Crippen molar-refractivity contribution in [1.29, 1.82) is 0 Å². The maximum atomic E-state index is 12.1. The molecule has 4 nitrogen and oxygen atoms in total. The van der Waals surface area contributed by atoms with Crippen LogP contribution in [-0.4, -0.2) is 72.5 Å². The molecule has 0 aromatic heterocycles. The van der Waals surface area contributed by atoms with E-state index < -0.39 is 0 Å². The van der Waals surface area contributed by atoms with Gasteiger partial charge in [0.1, 0.15) is 0 Å². The lowest BCUT2D eigenvalue weighted by atomic mass is 10.3.